The molecule has 156 valence electrons. The summed E-state index contributed by atoms with van der Waals surface area (Å²) < 4.78 is 27.6. The summed E-state index contributed by atoms with van der Waals surface area (Å²) in [4.78, 5) is 12.8. The highest BCUT2D eigenvalue weighted by Gasteiger charge is 2.29. The van der Waals surface area contributed by atoms with Gasteiger partial charge >= 0.3 is 0 Å². The quantitative estimate of drug-likeness (QED) is 0.482. The molecule has 0 aromatic heterocycles. The van der Waals surface area contributed by atoms with E-state index in [9.17, 15) is 13.2 Å². The summed E-state index contributed by atoms with van der Waals surface area (Å²) in [5.74, 6) is -0.559. The van der Waals surface area contributed by atoms with E-state index < -0.39 is 22.5 Å². The lowest BCUT2D eigenvalue weighted by Gasteiger charge is -2.25. The predicted octanol–water partition coefficient (Wildman–Crippen LogP) is 5.79. The number of hydrogen-bond donors (Lipinski definition) is 1. The van der Waals surface area contributed by atoms with Gasteiger partial charge in [-0.2, -0.15) is 0 Å². The van der Waals surface area contributed by atoms with Crippen LogP contribution < -0.4 is 9.62 Å². The lowest BCUT2D eigenvalue weighted by Crippen LogP contribution is -2.38. The molecule has 9 heteroatoms. The first-order valence-corrected chi connectivity index (χ1v) is 11.3. The van der Waals surface area contributed by atoms with E-state index in [-0.39, 0.29) is 20.6 Å². The zero-order chi connectivity index (χ0) is 21.9. The van der Waals surface area contributed by atoms with Crippen LogP contribution in [0.3, 0.4) is 0 Å². The van der Waals surface area contributed by atoms with E-state index in [1.807, 2.05) is 0 Å². The van der Waals surface area contributed by atoms with E-state index in [4.69, 9.17) is 34.8 Å². The molecule has 0 radical (unpaired) electrons. The summed E-state index contributed by atoms with van der Waals surface area (Å²) in [7, 11) is -4.10. The number of rotatable bonds is 6. The fourth-order valence-corrected chi connectivity index (χ4v) is 4.81. The average Bonchev–Trinajstić information content (AvgIpc) is 2.71. The summed E-state index contributed by atoms with van der Waals surface area (Å²) in [6.45, 7) is 1.29. The Morgan fingerprint density at radius 3 is 2.27 bits per heavy atom. The van der Waals surface area contributed by atoms with Crippen LogP contribution in [0.1, 0.15) is 5.56 Å². The molecular weight excluding hydrogens is 467 g/mol. The number of benzene rings is 3. The van der Waals surface area contributed by atoms with Crippen LogP contribution in [-0.2, 0) is 14.8 Å². The third-order valence-corrected chi connectivity index (χ3v) is 6.83. The normalized spacial score (nSPS) is 11.2. The second-order valence-electron chi connectivity index (χ2n) is 6.43. The van der Waals surface area contributed by atoms with E-state index in [1.54, 1.807) is 43.3 Å². The monoisotopic (exact) mass is 482 g/mol. The van der Waals surface area contributed by atoms with Gasteiger partial charge in [0.1, 0.15) is 6.54 Å². The molecule has 0 saturated heterocycles. The molecule has 0 atom stereocenters. The number of carbonyl (C=O) groups is 1. The Kier molecular flexibility index (Phi) is 6.93. The van der Waals surface area contributed by atoms with Crippen molar-refractivity contribution in [1.82, 2.24) is 0 Å². The Hall–Kier alpha value is -2.25. The number of carbonyl (C=O) groups excluding carboxylic acids is 1. The van der Waals surface area contributed by atoms with Crippen LogP contribution in [-0.4, -0.2) is 20.9 Å². The van der Waals surface area contributed by atoms with Crippen molar-refractivity contribution in [3.05, 3.63) is 87.4 Å². The van der Waals surface area contributed by atoms with Gasteiger partial charge in [-0.1, -0.05) is 59.1 Å². The van der Waals surface area contributed by atoms with Crippen LogP contribution in [0.5, 0.6) is 0 Å². The number of nitrogens with zero attached hydrogens (tertiary/aromatic N) is 1. The minimum Gasteiger partial charge on any atom is -0.324 e. The fraction of sp³-hybridized carbons (Fsp3) is 0.0952. The maximum Gasteiger partial charge on any atom is 0.264 e. The maximum absolute atomic E-state index is 13.3. The van der Waals surface area contributed by atoms with Crippen LogP contribution in [0.4, 0.5) is 11.4 Å². The molecule has 0 unspecified atom stereocenters. The number of aryl methyl sites for hydroxylation is 1. The van der Waals surface area contributed by atoms with Gasteiger partial charge in [0.15, 0.2) is 0 Å². The van der Waals surface area contributed by atoms with Gasteiger partial charge in [-0.3, -0.25) is 9.10 Å². The molecular formula is C21H17Cl3N2O3S. The second kappa shape index (κ2) is 9.27. The molecule has 30 heavy (non-hydrogen) atoms. The summed E-state index contributed by atoms with van der Waals surface area (Å²) in [5.41, 5.74) is 1.37. The minimum absolute atomic E-state index is 0.0211. The number of sulfonamides is 1. The highest BCUT2D eigenvalue weighted by Crippen LogP contribution is 2.33. The van der Waals surface area contributed by atoms with Crippen LogP contribution in [0, 0.1) is 6.92 Å². The van der Waals surface area contributed by atoms with Crippen molar-refractivity contribution in [3.63, 3.8) is 0 Å². The molecule has 3 rings (SSSR count). The standard InChI is InChI=1S/C21H17Cl3N2O3S/c1-14-7-8-15(22)11-19(14)25-21(27)13-26(20-12-16(23)9-10-18(20)24)30(28,29)17-5-3-2-4-6-17/h2-12H,13H2,1H3,(H,25,27). The van der Waals surface area contributed by atoms with E-state index in [0.717, 1.165) is 9.87 Å². The average molecular weight is 484 g/mol. The van der Waals surface area contributed by atoms with E-state index in [0.29, 0.717) is 10.7 Å². The number of amides is 1. The zero-order valence-corrected chi connectivity index (χ0v) is 18.9. The number of hydrogen-bond acceptors (Lipinski definition) is 3. The van der Waals surface area contributed by atoms with Gasteiger partial charge in [-0.15, -0.1) is 0 Å². The van der Waals surface area contributed by atoms with Crippen molar-refractivity contribution < 1.29 is 13.2 Å². The number of anilines is 2. The van der Waals surface area contributed by atoms with Crippen molar-refractivity contribution in [2.45, 2.75) is 11.8 Å². The van der Waals surface area contributed by atoms with E-state index in [2.05, 4.69) is 5.32 Å². The molecule has 1 amide bonds. The van der Waals surface area contributed by atoms with Gasteiger partial charge in [0.25, 0.3) is 10.0 Å². The third-order valence-electron chi connectivity index (χ3n) is 4.27. The predicted molar refractivity (Wildman–Crippen MR) is 122 cm³/mol. The maximum atomic E-state index is 13.3. The van der Waals surface area contributed by atoms with Crippen LogP contribution >= 0.6 is 34.8 Å². The Bertz CT molecular complexity index is 1190. The van der Waals surface area contributed by atoms with Gasteiger partial charge in [0.05, 0.1) is 15.6 Å². The molecule has 0 aliphatic heterocycles. The Morgan fingerprint density at radius 1 is 0.933 bits per heavy atom. The van der Waals surface area contributed by atoms with Gasteiger partial charge in [0, 0.05) is 15.7 Å². The van der Waals surface area contributed by atoms with Gasteiger partial charge in [-0.25, -0.2) is 8.42 Å². The molecule has 0 heterocycles. The molecule has 3 aromatic rings. The summed E-state index contributed by atoms with van der Waals surface area (Å²) in [6, 6.07) is 17.3. The third kappa shape index (κ3) is 5.08. The van der Waals surface area contributed by atoms with E-state index >= 15 is 0 Å². The van der Waals surface area contributed by atoms with Gasteiger partial charge in [-0.05, 0) is 55.0 Å². The SMILES string of the molecule is Cc1ccc(Cl)cc1NC(=O)CN(c1cc(Cl)ccc1Cl)S(=O)(=O)c1ccccc1. The van der Waals surface area contributed by atoms with Gasteiger partial charge < -0.3 is 5.32 Å². The topological polar surface area (TPSA) is 66.5 Å². The number of nitrogens with one attached hydrogen (secondary N) is 1. The summed E-state index contributed by atoms with van der Waals surface area (Å²) >= 11 is 18.3. The van der Waals surface area contributed by atoms with Crippen molar-refractivity contribution in [2.75, 3.05) is 16.2 Å². The first-order chi connectivity index (χ1) is 14.2. The Balaban J connectivity index is 2.01. The largest absolute Gasteiger partial charge is 0.324 e. The molecule has 0 saturated carbocycles. The van der Waals surface area contributed by atoms with Crippen LogP contribution in [0.2, 0.25) is 15.1 Å². The van der Waals surface area contributed by atoms with Crippen molar-refractivity contribution in [2.24, 2.45) is 0 Å². The number of halogens is 3. The van der Waals surface area contributed by atoms with Crippen molar-refractivity contribution in [1.29, 1.82) is 0 Å². The highest BCUT2D eigenvalue weighted by molar-refractivity contribution is 7.92. The first-order valence-electron chi connectivity index (χ1n) is 8.77. The lowest BCUT2D eigenvalue weighted by molar-refractivity contribution is -0.114. The van der Waals surface area contributed by atoms with Crippen LogP contribution in [0.25, 0.3) is 0 Å². The molecule has 0 aliphatic carbocycles. The zero-order valence-electron chi connectivity index (χ0n) is 15.8. The van der Waals surface area contributed by atoms with Crippen molar-refractivity contribution >= 4 is 62.1 Å². The minimum atomic E-state index is -4.10. The summed E-state index contributed by atoms with van der Waals surface area (Å²) in [6.07, 6.45) is 0. The molecule has 1 N–H and O–H groups in total. The van der Waals surface area contributed by atoms with Gasteiger partial charge in [0.2, 0.25) is 5.91 Å². The van der Waals surface area contributed by atoms with Crippen molar-refractivity contribution in [3.8, 4) is 0 Å². The highest BCUT2D eigenvalue weighted by atomic mass is 35.5. The second-order valence-corrected chi connectivity index (χ2v) is 9.57. The molecule has 5 nitrogen and oxygen atoms in total. The Labute approximate surface area is 190 Å². The smallest absolute Gasteiger partial charge is 0.264 e. The molecule has 0 fully saturated rings. The Morgan fingerprint density at radius 2 is 1.57 bits per heavy atom. The fourth-order valence-electron chi connectivity index (χ4n) is 2.75. The summed E-state index contributed by atoms with van der Waals surface area (Å²) in [5, 5.41) is 3.58. The van der Waals surface area contributed by atoms with Crippen LogP contribution in [0.15, 0.2) is 71.6 Å². The molecule has 0 aliphatic rings. The molecule has 0 bridgehead atoms. The molecule has 3 aromatic carbocycles. The molecule has 0 spiro atoms. The lowest BCUT2D eigenvalue weighted by atomic mass is 10.2. The van der Waals surface area contributed by atoms with E-state index in [1.165, 1.54) is 30.3 Å². The first kappa shape index (κ1) is 22.4.